The van der Waals surface area contributed by atoms with Crippen LogP contribution in [0, 0.1) is 11.8 Å². The standard InChI is InChI=1S/C15H21NO4S/c1-3-16(11-13-20-2)21(18,19)15-9-7-14(8-10-15)6-4-5-12-17/h7-10,17H,3,5,11-13H2,1-2H3. The van der Waals surface area contributed by atoms with Crippen LogP contribution in [0.15, 0.2) is 29.2 Å². The fraction of sp³-hybridized carbons (Fsp3) is 0.467. The van der Waals surface area contributed by atoms with Gasteiger partial charge in [-0.2, -0.15) is 4.31 Å². The lowest BCUT2D eigenvalue weighted by atomic mass is 10.2. The number of nitrogens with zero attached hydrogens (tertiary/aromatic N) is 1. The average Bonchev–Trinajstić information content (AvgIpc) is 2.48. The maximum Gasteiger partial charge on any atom is 0.243 e. The minimum Gasteiger partial charge on any atom is -0.395 e. The summed E-state index contributed by atoms with van der Waals surface area (Å²) in [5.41, 5.74) is 0.724. The van der Waals surface area contributed by atoms with Gasteiger partial charge >= 0.3 is 0 Å². The third kappa shape index (κ3) is 5.14. The van der Waals surface area contributed by atoms with Crippen LogP contribution < -0.4 is 0 Å². The zero-order valence-electron chi connectivity index (χ0n) is 12.4. The van der Waals surface area contributed by atoms with Crippen molar-refractivity contribution >= 4 is 10.0 Å². The van der Waals surface area contributed by atoms with Gasteiger partial charge in [0.2, 0.25) is 10.0 Å². The van der Waals surface area contributed by atoms with E-state index in [2.05, 4.69) is 11.8 Å². The van der Waals surface area contributed by atoms with Gasteiger partial charge in [0.15, 0.2) is 0 Å². The summed E-state index contributed by atoms with van der Waals surface area (Å²) in [6.45, 7) is 2.89. The summed E-state index contributed by atoms with van der Waals surface area (Å²) in [6, 6.07) is 6.43. The van der Waals surface area contributed by atoms with Crippen LogP contribution in [-0.2, 0) is 14.8 Å². The molecule has 0 aliphatic carbocycles. The van der Waals surface area contributed by atoms with Crippen LogP contribution in [0.5, 0.6) is 0 Å². The van der Waals surface area contributed by atoms with Gasteiger partial charge in [0, 0.05) is 32.2 Å². The number of hydrogen-bond donors (Lipinski definition) is 1. The van der Waals surface area contributed by atoms with Crippen molar-refractivity contribution in [3.8, 4) is 11.8 Å². The van der Waals surface area contributed by atoms with Crippen LogP contribution in [0.25, 0.3) is 0 Å². The Balaban J connectivity index is 2.91. The first-order valence-electron chi connectivity index (χ1n) is 6.75. The molecule has 0 atom stereocenters. The molecular weight excluding hydrogens is 290 g/mol. The maximum atomic E-state index is 12.4. The third-order valence-electron chi connectivity index (χ3n) is 2.86. The highest BCUT2D eigenvalue weighted by molar-refractivity contribution is 7.89. The summed E-state index contributed by atoms with van der Waals surface area (Å²) in [4.78, 5) is 0.244. The molecule has 0 bridgehead atoms. The van der Waals surface area contributed by atoms with E-state index in [4.69, 9.17) is 9.84 Å². The zero-order chi connectivity index (χ0) is 15.7. The van der Waals surface area contributed by atoms with E-state index in [0.29, 0.717) is 26.1 Å². The summed E-state index contributed by atoms with van der Waals surface area (Å²) in [6.07, 6.45) is 0.403. The van der Waals surface area contributed by atoms with E-state index in [1.807, 2.05) is 0 Å². The summed E-state index contributed by atoms with van der Waals surface area (Å²) in [7, 11) is -1.96. The lowest BCUT2D eigenvalue weighted by Crippen LogP contribution is -2.33. The van der Waals surface area contributed by atoms with Gasteiger partial charge in [-0.25, -0.2) is 8.42 Å². The van der Waals surface area contributed by atoms with Crippen LogP contribution in [0.1, 0.15) is 18.9 Å². The van der Waals surface area contributed by atoms with Crippen molar-refractivity contribution in [2.75, 3.05) is 33.4 Å². The van der Waals surface area contributed by atoms with Gasteiger partial charge in [-0.1, -0.05) is 18.8 Å². The Morgan fingerprint density at radius 2 is 1.95 bits per heavy atom. The van der Waals surface area contributed by atoms with E-state index in [1.165, 1.54) is 4.31 Å². The Morgan fingerprint density at radius 1 is 1.29 bits per heavy atom. The van der Waals surface area contributed by atoms with Crippen LogP contribution in [0.3, 0.4) is 0 Å². The summed E-state index contributed by atoms with van der Waals surface area (Å²) in [5.74, 6) is 5.66. The van der Waals surface area contributed by atoms with Crippen LogP contribution >= 0.6 is 0 Å². The van der Waals surface area contributed by atoms with Crippen molar-refractivity contribution in [3.05, 3.63) is 29.8 Å². The third-order valence-corrected chi connectivity index (χ3v) is 4.85. The monoisotopic (exact) mass is 311 g/mol. The van der Waals surface area contributed by atoms with E-state index in [0.717, 1.165) is 5.56 Å². The molecule has 0 fully saturated rings. The second-order valence-corrected chi connectivity index (χ2v) is 6.23. The largest absolute Gasteiger partial charge is 0.395 e. The molecule has 0 aliphatic rings. The van der Waals surface area contributed by atoms with Gasteiger partial charge in [-0.05, 0) is 24.3 Å². The first kappa shape index (κ1) is 17.7. The topological polar surface area (TPSA) is 66.8 Å². The minimum absolute atomic E-state index is 0.0183. The number of sulfonamides is 1. The smallest absolute Gasteiger partial charge is 0.243 e. The van der Waals surface area contributed by atoms with E-state index in [9.17, 15) is 8.42 Å². The van der Waals surface area contributed by atoms with Crippen molar-refractivity contribution in [2.45, 2.75) is 18.2 Å². The number of hydrogen-bond acceptors (Lipinski definition) is 4. The number of methoxy groups -OCH3 is 1. The quantitative estimate of drug-likeness (QED) is 0.765. The Morgan fingerprint density at radius 3 is 2.48 bits per heavy atom. The summed E-state index contributed by atoms with van der Waals surface area (Å²) >= 11 is 0. The van der Waals surface area contributed by atoms with Gasteiger partial charge in [0.05, 0.1) is 18.1 Å². The average molecular weight is 311 g/mol. The molecule has 6 heteroatoms. The predicted octanol–water partition coefficient (Wildman–Crippen LogP) is 1.08. The van der Waals surface area contributed by atoms with Crippen molar-refractivity contribution in [1.29, 1.82) is 0 Å². The molecule has 116 valence electrons. The Bertz CT molecular complexity index is 584. The molecule has 1 rings (SSSR count). The number of aliphatic hydroxyl groups excluding tert-OH is 1. The lowest BCUT2D eigenvalue weighted by molar-refractivity contribution is 0.180. The molecular formula is C15H21NO4S. The highest BCUT2D eigenvalue weighted by atomic mass is 32.2. The van der Waals surface area contributed by atoms with Gasteiger partial charge in [-0.15, -0.1) is 0 Å². The molecule has 0 unspecified atom stereocenters. The van der Waals surface area contributed by atoms with Gasteiger partial charge in [0.1, 0.15) is 0 Å². The highest BCUT2D eigenvalue weighted by Crippen LogP contribution is 2.16. The molecule has 1 N–H and O–H groups in total. The number of likely N-dealkylation sites (N-methyl/N-ethyl adjacent to an activating group) is 1. The molecule has 1 aromatic rings. The van der Waals surface area contributed by atoms with E-state index >= 15 is 0 Å². The van der Waals surface area contributed by atoms with Crippen LogP contribution in [-0.4, -0.2) is 51.2 Å². The van der Waals surface area contributed by atoms with Gasteiger partial charge < -0.3 is 9.84 Å². The fourth-order valence-corrected chi connectivity index (χ4v) is 3.15. The highest BCUT2D eigenvalue weighted by Gasteiger charge is 2.22. The zero-order valence-corrected chi connectivity index (χ0v) is 13.2. The Hall–Kier alpha value is -1.39. The lowest BCUT2D eigenvalue weighted by Gasteiger charge is -2.20. The minimum atomic E-state index is -3.50. The molecule has 0 aromatic heterocycles. The molecule has 0 saturated carbocycles. The fourth-order valence-electron chi connectivity index (χ4n) is 1.72. The van der Waals surface area contributed by atoms with Crippen LogP contribution in [0.2, 0.25) is 0 Å². The number of aliphatic hydroxyl groups is 1. The van der Waals surface area contributed by atoms with E-state index in [-0.39, 0.29) is 11.5 Å². The SMILES string of the molecule is CCN(CCOC)S(=O)(=O)c1ccc(C#CCCO)cc1. The van der Waals surface area contributed by atoms with E-state index < -0.39 is 10.0 Å². The summed E-state index contributed by atoms with van der Waals surface area (Å²) < 4.78 is 31.2. The summed E-state index contributed by atoms with van der Waals surface area (Å²) in [5, 5.41) is 8.66. The van der Waals surface area contributed by atoms with Crippen molar-refractivity contribution < 1.29 is 18.3 Å². The van der Waals surface area contributed by atoms with E-state index in [1.54, 1.807) is 38.3 Å². The number of rotatable bonds is 7. The van der Waals surface area contributed by atoms with Crippen LogP contribution in [0.4, 0.5) is 0 Å². The number of benzene rings is 1. The molecule has 0 spiro atoms. The molecule has 21 heavy (non-hydrogen) atoms. The first-order chi connectivity index (χ1) is 10.1. The Labute approximate surface area is 126 Å². The molecule has 0 radical (unpaired) electrons. The molecule has 1 aromatic carbocycles. The number of ether oxygens (including phenoxy) is 1. The maximum absolute atomic E-state index is 12.4. The first-order valence-corrected chi connectivity index (χ1v) is 8.19. The van der Waals surface area contributed by atoms with Crippen molar-refractivity contribution in [3.63, 3.8) is 0 Å². The normalized spacial score (nSPS) is 11.2. The van der Waals surface area contributed by atoms with Gasteiger partial charge in [-0.3, -0.25) is 0 Å². The molecule has 0 heterocycles. The molecule has 0 amide bonds. The molecule has 0 saturated heterocycles. The molecule has 5 nitrogen and oxygen atoms in total. The van der Waals surface area contributed by atoms with Gasteiger partial charge in [0.25, 0.3) is 0 Å². The van der Waals surface area contributed by atoms with Crippen molar-refractivity contribution in [2.24, 2.45) is 0 Å². The second-order valence-electron chi connectivity index (χ2n) is 4.29. The molecule has 0 aliphatic heterocycles. The van der Waals surface area contributed by atoms with Crippen molar-refractivity contribution in [1.82, 2.24) is 4.31 Å². The predicted molar refractivity (Wildman–Crippen MR) is 81.3 cm³/mol. The second kappa shape index (κ2) is 8.80. The Kier molecular flexibility index (Phi) is 7.40.